The molecule has 1 saturated heterocycles. The molecule has 0 spiro atoms. The largest absolute Gasteiger partial charge is 0.389 e. The zero-order chi connectivity index (χ0) is 15.6. The third-order valence-electron chi connectivity index (χ3n) is 5.53. The van der Waals surface area contributed by atoms with Crippen molar-refractivity contribution in [1.29, 1.82) is 0 Å². The van der Waals surface area contributed by atoms with Crippen molar-refractivity contribution < 1.29 is 9.90 Å². The summed E-state index contributed by atoms with van der Waals surface area (Å²) in [7, 11) is 0. The molecule has 1 aromatic rings. The number of amides is 1. The fraction of sp³-hybridized carbons (Fsp3) is 0.632. The summed E-state index contributed by atoms with van der Waals surface area (Å²) in [6.07, 6.45) is 6.11. The first-order chi connectivity index (χ1) is 10.5. The lowest BCUT2D eigenvalue weighted by Crippen LogP contribution is -2.48. The second-order valence-corrected chi connectivity index (χ2v) is 7.45. The summed E-state index contributed by atoms with van der Waals surface area (Å²) in [5.74, 6) is 0.131. The molecule has 1 N–H and O–H groups in total. The third-order valence-corrected chi connectivity index (χ3v) is 5.53. The second kappa shape index (κ2) is 6.04. The van der Waals surface area contributed by atoms with Crippen LogP contribution in [0.3, 0.4) is 0 Å². The number of rotatable bonds is 3. The minimum atomic E-state index is -0.738. The minimum Gasteiger partial charge on any atom is -0.389 e. The van der Waals surface area contributed by atoms with Crippen LogP contribution < -0.4 is 0 Å². The van der Waals surface area contributed by atoms with Crippen molar-refractivity contribution in [2.24, 2.45) is 0 Å². The molecule has 0 bridgehead atoms. The Kier molecular flexibility index (Phi) is 4.26. The molecule has 1 atom stereocenters. The number of hydrogen-bond acceptors (Lipinski definition) is 2. The average molecular weight is 301 g/mol. The maximum atomic E-state index is 12.6. The van der Waals surface area contributed by atoms with E-state index in [-0.39, 0.29) is 11.3 Å². The molecule has 1 saturated carbocycles. The number of nitrogens with zero attached hydrogens (tertiary/aromatic N) is 1. The Labute approximate surface area is 133 Å². The molecule has 1 amide bonds. The normalized spacial score (nSPS) is 27.8. The fourth-order valence-electron chi connectivity index (χ4n) is 4.13. The van der Waals surface area contributed by atoms with E-state index in [1.54, 1.807) is 0 Å². The number of carbonyl (C=O) groups excluding carboxylic acids is 1. The van der Waals surface area contributed by atoms with Gasteiger partial charge in [-0.05, 0) is 31.2 Å². The van der Waals surface area contributed by atoms with Gasteiger partial charge >= 0.3 is 0 Å². The maximum Gasteiger partial charge on any atom is 0.225 e. The Bertz CT molecular complexity index is 521. The van der Waals surface area contributed by atoms with E-state index in [2.05, 4.69) is 31.2 Å². The highest BCUT2D eigenvalue weighted by molar-refractivity contribution is 5.77. The summed E-state index contributed by atoms with van der Waals surface area (Å²) < 4.78 is 0. The number of likely N-dealkylation sites (tertiary alicyclic amines) is 1. The molecule has 2 aliphatic rings. The van der Waals surface area contributed by atoms with Crippen LogP contribution in [0, 0.1) is 0 Å². The topological polar surface area (TPSA) is 40.5 Å². The van der Waals surface area contributed by atoms with Gasteiger partial charge in [0.05, 0.1) is 12.0 Å². The molecule has 1 aliphatic heterocycles. The van der Waals surface area contributed by atoms with Gasteiger partial charge < -0.3 is 10.0 Å². The number of carbonyl (C=O) groups is 1. The molecule has 22 heavy (non-hydrogen) atoms. The van der Waals surface area contributed by atoms with Crippen LogP contribution in [0.5, 0.6) is 0 Å². The molecule has 1 aliphatic carbocycles. The number of piperidine rings is 1. The highest BCUT2D eigenvalue weighted by atomic mass is 16.3. The molecular formula is C19H27NO2. The van der Waals surface area contributed by atoms with Gasteiger partial charge in [0.15, 0.2) is 0 Å². The number of benzene rings is 1. The van der Waals surface area contributed by atoms with Crippen molar-refractivity contribution in [2.45, 2.75) is 62.9 Å². The smallest absolute Gasteiger partial charge is 0.225 e. The van der Waals surface area contributed by atoms with Gasteiger partial charge in [0, 0.05) is 18.5 Å². The van der Waals surface area contributed by atoms with Gasteiger partial charge in [-0.1, -0.05) is 50.1 Å². The van der Waals surface area contributed by atoms with E-state index in [4.69, 9.17) is 0 Å². The first kappa shape index (κ1) is 15.5. The van der Waals surface area contributed by atoms with Crippen molar-refractivity contribution in [1.82, 2.24) is 4.90 Å². The Balaban J connectivity index is 1.69. The van der Waals surface area contributed by atoms with Crippen molar-refractivity contribution >= 4 is 5.91 Å². The first-order valence-electron chi connectivity index (χ1n) is 8.57. The van der Waals surface area contributed by atoms with Crippen LogP contribution >= 0.6 is 0 Å². The predicted octanol–water partition coefficient (Wildman–Crippen LogP) is 3.26. The van der Waals surface area contributed by atoms with Gasteiger partial charge in [0.1, 0.15) is 0 Å². The molecule has 3 nitrogen and oxygen atoms in total. The van der Waals surface area contributed by atoms with E-state index >= 15 is 0 Å². The molecule has 1 heterocycles. The molecule has 0 aromatic heterocycles. The van der Waals surface area contributed by atoms with Gasteiger partial charge in [-0.2, -0.15) is 0 Å². The fourth-order valence-corrected chi connectivity index (χ4v) is 4.13. The molecule has 1 aromatic carbocycles. The van der Waals surface area contributed by atoms with E-state index in [1.165, 1.54) is 5.56 Å². The summed E-state index contributed by atoms with van der Waals surface area (Å²) in [6, 6.07) is 10.5. The molecule has 120 valence electrons. The third kappa shape index (κ3) is 3.19. The minimum absolute atomic E-state index is 0.0352. The van der Waals surface area contributed by atoms with Crippen LogP contribution in [-0.2, 0) is 10.2 Å². The van der Waals surface area contributed by atoms with Gasteiger partial charge in [-0.25, -0.2) is 0 Å². The highest BCUT2D eigenvalue weighted by Gasteiger charge is 2.38. The van der Waals surface area contributed by atoms with Crippen LogP contribution in [-0.4, -0.2) is 34.6 Å². The highest BCUT2D eigenvalue weighted by Crippen LogP contribution is 2.36. The number of aliphatic hydroxyl groups is 1. The van der Waals surface area contributed by atoms with Crippen molar-refractivity contribution in [2.75, 3.05) is 13.1 Å². The quantitative estimate of drug-likeness (QED) is 0.931. The molecule has 3 heteroatoms. The maximum absolute atomic E-state index is 12.6. The Hall–Kier alpha value is -1.35. The van der Waals surface area contributed by atoms with Gasteiger partial charge in [-0.15, -0.1) is 0 Å². The Morgan fingerprint density at radius 2 is 1.82 bits per heavy atom. The Morgan fingerprint density at radius 3 is 2.50 bits per heavy atom. The van der Waals surface area contributed by atoms with E-state index in [0.29, 0.717) is 6.42 Å². The monoisotopic (exact) mass is 301 g/mol. The SMILES string of the molecule is CC1(c2ccccc2)CCCN(C(=O)CC2(O)CCCC2)C1. The summed E-state index contributed by atoms with van der Waals surface area (Å²) in [4.78, 5) is 14.6. The van der Waals surface area contributed by atoms with E-state index < -0.39 is 5.60 Å². The molecule has 0 radical (unpaired) electrons. The van der Waals surface area contributed by atoms with Crippen molar-refractivity contribution in [3.63, 3.8) is 0 Å². The molecule has 2 fully saturated rings. The van der Waals surface area contributed by atoms with Crippen LogP contribution in [0.2, 0.25) is 0 Å². The molecular weight excluding hydrogens is 274 g/mol. The van der Waals surface area contributed by atoms with Crippen molar-refractivity contribution in [3.8, 4) is 0 Å². The summed E-state index contributed by atoms with van der Waals surface area (Å²) in [6.45, 7) is 3.86. The van der Waals surface area contributed by atoms with Crippen LogP contribution in [0.15, 0.2) is 30.3 Å². The summed E-state index contributed by atoms with van der Waals surface area (Å²) in [5, 5.41) is 10.5. The predicted molar refractivity (Wildman–Crippen MR) is 87.6 cm³/mol. The summed E-state index contributed by atoms with van der Waals surface area (Å²) in [5.41, 5.74) is 0.609. The average Bonchev–Trinajstić information content (AvgIpc) is 2.94. The van der Waals surface area contributed by atoms with Gasteiger partial charge in [0.25, 0.3) is 0 Å². The Morgan fingerprint density at radius 1 is 1.14 bits per heavy atom. The zero-order valence-electron chi connectivity index (χ0n) is 13.6. The second-order valence-electron chi connectivity index (χ2n) is 7.45. The van der Waals surface area contributed by atoms with Crippen LogP contribution in [0.4, 0.5) is 0 Å². The van der Waals surface area contributed by atoms with E-state index in [0.717, 1.165) is 51.6 Å². The summed E-state index contributed by atoms with van der Waals surface area (Å²) >= 11 is 0. The number of hydrogen-bond donors (Lipinski definition) is 1. The lowest BCUT2D eigenvalue weighted by atomic mass is 9.75. The lowest BCUT2D eigenvalue weighted by Gasteiger charge is -2.41. The molecule has 3 rings (SSSR count). The van der Waals surface area contributed by atoms with Gasteiger partial charge in [-0.3, -0.25) is 4.79 Å². The van der Waals surface area contributed by atoms with Crippen LogP contribution in [0.1, 0.15) is 57.4 Å². The van der Waals surface area contributed by atoms with E-state index in [1.807, 2.05) is 11.0 Å². The first-order valence-corrected chi connectivity index (χ1v) is 8.57. The zero-order valence-corrected chi connectivity index (χ0v) is 13.6. The molecule has 1 unspecified atom stereocenters. The van der Waals surface area contributed by atoms with Crippen LogP contribution in [0.25, 0.3) is 0 Å². The van der Waals surface area contributed by atoms with Crippen molar-refractivity contribution in [3.05, 3.63) is 35.9 Å². The van der Waals surface area contributed by atoms with E-state index in [9.17, 15) is 9.90 Å². The van der Waals surface area contributed by atoms with Gasteiger partial charge in [0.2, 0.25) is 5.91 Å². The lowest BCUT2D eigenvalue weighted by molar-refractivity contribution is -0.138. The standard InChI is InChI=1S/C19H27NO2/c1-18(16-8-3-2-4-9-16)10-7-13-20(15-18)17(21)14-19(22)11-5-6-12-19/h2-4,8-9,22H,5-7,10-15H2,1H3.